The van der Waals surface area contributed by atoms with Crippen molar-refractivity contribution in [3.8, 4) is 0 Å². The van der Waals surface area contributed by atoms with Crippen LogP contribution in [0.15, 0.2) is 10.6 Å². The molecule has 1 heterocycles. The lowest BCUT2D eigenvalue weighted by molar-refractivity contribution is 0.381. The van der Waals surface area contributed by atoms with Crippen molar-refractivity contribution in [2.75, 3.05) is 5.73 Å². The van der Waals surface area contributed by atoms with Gasteiger partial charge in [0.05, 0.1) is 0 Å². The quantitative estimate of drug-likeness (QED) is 0.688. The van der Waals surface area contributed by atoms with Gasteiger partial charge >= 0.3 is 0 Å². The number of aromatic nitrogens is 1. The molecule has 74 valence electrons. The SMILES string of the molecule is CCCCCCCc1cc(N)no1. The van der Waals surface area contributed by atoms with Crippen LogP contribution in [0, 0.1) is 0 Å². The molecule has 0 aliphatic carbocycles. The van der Waals surface area contributed by atoms with Crippen molar-refractivity contribution in [3.63, 3.8) is 0 Å². The van der Waals surface area contributed by atoms with E-state index >= 15 is 0 Å². The van der Waals surface area contributed by atoms with Crippen molar-refractivity contribution in [1.82, 2.24) is 5.16 Å². The molecule has 3 nitrogen and oxygen atoms in total. The van der Waals surface area contributed by atoms with Gasteiger partial charge in [0.2, 0.25) is 0 Å². The van der Waals surface area contributed by atoms with Gasteiger partial charge in [-0.25, -0.2) is 0 Å². The zero-order chi connectivity index (χ0) is 9.52. The third-order valence-electron chi connectivity index (χ3n) is 2.10. The maximum atomic E-state index is 5.43. The van der Waals surface area contributed by atoms with Gasteiger partial charge in [0.15, 0.2) is 5.82 Å². The van der Waals surface area contributed by atoms with Crippen LogP contribution in [0.1, 0.15) is 44.8 Å². The van der Waals surface area contributed by atoms with Crippen LogP contribution in [0.4, 0.5) is 5.82 Å². The molecule has 13 heavy (non-hydrogen) atoms. The van der Waals surface area contributed by atoms with E-state index in [0.717, 1.165) is 12.2 Å². The number of aryl methyl sites for hydroxylation is 1. The number of nitrogens with two attached hydrogens (primary N) is 1. The highest BCUT2D eigenvalue weighted by atomic mass is 16.5. The van der Waals surface area contributed by atoms with E-state index in [1.54, 1.807) is 6.07 Å². The Morgan fingerprint density at radius 1 is 1.31 bits per heavy atom. The van der Waals surface area contributed by atoms with Crippen molar-refractivity contribution in [3.05, 3.63) is 11.8 Å². The van der Waals surface area contributed by atoms with E-state index < -0.39 is 0 Å². The third-order valence-corrected chi connectivity index (χ3v) is 2.10. The second-order valence-electron chi connectivity index (χ2n) is 3.38. The minimum atomic E-state index is 0.489. The van der Waals surface area contributed by atoms with Gasteiger partial charge < -0.3 is 10.3 Å². The second kappa shape index (κ2) is 5.62. The average Bonchev–Trinajstić information content (AvgIpc) is 2.51. The summed E-state index contributed by atoms with van der Waals surface area (Å²) < 4.78 is 5.00. The first-order valence-corrected chi connectivity index (χ1v) is 5.04. The van der Waals surface area contributed by atoms with Gasteiger partial charge in [-0.15, -0.1) is 0 Å². The summed E-state index contributed by atoms with van der Waals surface area (Å²) >= 11 is 0. The number of hydrogen-bond acceptors (Lipinski definition) is 3. The van der Waals surface area contributed by atoms with Crippen molar-refractivity contribution < 1.29 is 4.52 Å². The number of unbranched alkanes of at least 4 members (excludes halogenated alkanes) is 4. The molecule has 0 saturated heterocycles. The summed E-state index contributed by atoms with van der Waals surface area (Å²) in [5.41, 5.74) is 5.43. The summed E-state index contributed by atoms with van der Waals surface area (Å²) in [5, 5.41) is 3.63. The normalized spacial score (nSPS) is 10.5. The zero-order valence-electron chi connectivity index (χ0n) is 8.25. The number of rotatable bonds is 6. The zero-order valence-corrected chi connectivity index (χ0v) is 8.25. The highest BCUT2D eigenvalue weighted by molar-refractivity contribution is 5.26. The van der Waals surface area contributed by atoms with Crippen LogP contribution in [0.5, 0.6) is 0 Å². The van der Waals surface area contributed by atoms with E-state index in [-0.39, 0.29) is 0 Å². The Kier molecular flexibility index (Phi) is 4.36. The van der Waals surface area contributed by atoms with Crippen LogP contribution >= 0.6 is 0 Å². The second-order valence-corrected chi connectivity index (χ2v) is 3.38. The van der Waals surface area contributed by atoms with Crippen LogP contribution in [-0.4, -0.2) is 5.16 Å². The molecule has 0 amide bonds. The Bertz CT molecular complexity index is 233. The predicted octanol–water partition coefficient (Wildman–Crippen LogP) is 2.77. The van der Waals surface area contributed by atoms with Gasteiger partial charge in [-0.05, 0) is 6.42 Å². The molecule has 1 aromatic heterocycles. The fourth-order valence-corrected chi connectivity index (χ4v) is 1.35. The summed E-state index contributed by atoms with van der Waals surface area (Å²) in [4.78, 5) is 0. The minimum Gasteiger partial charge on any atom is -0.381 e. The molecule has 0 radical (unpaired) electrons. The Labute approximate surface area is 79.3 Å². The highest BCUT2D eigenvalue weighted by Crippen LogP contribution is 2.10. The Hall–Kier alpha value is -0.990. The van der Waals surface area contributed by atoms with Crippen LogP contribution in [0.2, 0.25) is 0 Å². The number of hydrogen-bond donors (Lipinski definition) is 1. The number of anilines is 1. The molecule has 1 rings (SSSR count). The molecule has 3 heteroatoms. The lowest BCUT2D eigenvalue weighted by Gasteiger charge is -1.96. The fourth-order valence-electron chi connectivity index (χ4n) is 1.35. The van der Waals surface area contributed by atoms with Gasteiger partial charge in [-0.2, -0.15) is 0 Å². The maximum Gasteiger partial charge on any atom is 0.167 e. The third kappa shape index (κ3) is 3.97. The molecule has 1 aromatic rings. The van der Waals surface area contributed by atoms with Gasteiger partial charge in [-0.3, -0.25) is 0 Å². The molecule has 0 atom stereocenters. The maximum absolute atomic E-state index is 5.43. The summed E-state index contributed by atoms with van der Waals surface area (Å²) in [6, 6.07) is 1.81. The van der Waals surface area contributed by atoms with Crippen molar-refractivity contribution in [2.24, 2.45) is 0 Å². The Balaban J connectivity index is 2.06. The van der Waals surface area contributed by atoms with Crippen LogP contribution in [0.25, 0.3) is 0 Å². The molecule has 0 aliphatic heterocycles. The molecule has 0 fully saturated rings. The van der Waals surface area contributed by atoms with Gasteiger partial charge in [0, 0.05) is 12.5 Å². The average molecular weight is 182 g/mol. The van der Waals surface area contributed by atoms with Crippen LogP contribution in [-0.2, 0) is 6.42 Å². The largest absolute Gasteiger partial charge is 0.381 e. The topological polar surface area (TPSA) is 52.0 Å². The lowest BCUT2D eigenvalue weighted by atomic mass is 10.1. The van der Waals surface area contributed by atoms with E-state index in [9.17, 15) is 0 Å². The first kappa shape index (κ1) is 10.1. The Morgan fingerprint density at radius 2 is 2.08 bits per heavy atom. The minimum absolute atomic E-state index is 0.489. The van der Waals surface area contributed by atoms with Crippen molar-refractivity contribution in [1.29, 1.82) is 0 Å². The van der Waals surface area contributed by atoms with Crippen LogP contribution < -0.4 is 5.73 Å². The molecular formula is C10H18N2O. The monoisotopic (exact) mass is 182 g/mol. The molecule has 0 unspecified atom stereocenters. The summed E-state index contributed by atoms with van der Waals surface area (Å²) in [6.45, 7) is 2.22. The first-order valence-electron chi connectivity index (χ1n) is 5.04. The fraction of sp³-hybridized carbons (Fsp3) is 0.700. The van der Waals surface area contributed by atoms with E-state index in [0.29, 0.717) is 5.82 Å². The van der Waals surface area contributed by atoms with E-state index in [1.165, 1.54) is 32.1 Å². The molecule has 0 bridgehead atoms. The molecule has 0 aliphatic rings. The first-order chi connectivity index (χ1) is 6.33. The van der Waals surface area contributed by atoms with Gasteiger partial charge in [-0.1, -0.05) is 37.8 Å². The van der Waals surface area contributed by atoms with Gasteiger partial charge in [0.25, 0.3) is 0 Å². The lowest BCUT2D eigenvalue weighted by Crippen LogP contribution is -1.83. The number of nitrogen functional groups attached to an aromatic ring is 1. The molecule has 0 saturated carbocycles. The predicted molar refractivity (Wildman–Crippen MR) is 53.4 cm³/mol. The standard InChI is InChI=1S/C10H18N2O/c1-2-3-4-5-6-7-9-8-10(11)12-13-9/h8H,2-7H2,1H3,(H2,11,12). The van der Waals surface area contributed by atoms with Crippen LogP contribution in [0.3, 0.4) is 0 Å². The van der Waals surface area contributed by atoms with Crippen molar-refractivity contribution in [2.45, 2.75) is 45.4 Å². The molecular weight excluding hydrogens is 164 g/mol. The summed E-state index contributed by atoms with van der Waals surface area (Å²) in [7, 11) is 0. The highest BCUT2D eigenvalue weighted by Gasteiger charge is 1.99. The van der Waals surface area contributed by atoms with E-state index in [2.05, 4.69) is 12.1 Å². The molecule has 0 aromatic carbocycles. The van der Waals surface area contributed by atoms with Gasteiger partial charge in [0.1, 0.15) is 5.76 Å². The smallest absolute Gasteiger partial charge is 0.167 e. The molecule has 0 spiro atoms. The van der Waals surface area contributed by atoms with Crippen molar-refractivity contribution >= 4 is 5.82 Å². The molecule has 2 N–H and O–H groups in total. The van der Waals surface area contributed by atoms with E-state index in [4.69, 9.17) is 10.3 Å². The number of nitrogens with zero attached hydrogens (tertiary/aromatic N) is 1. The summed E-state index contributed by atoms with van der Waals surface area (Å²) in [6.07, 6.45) is 7.35. The van der Waals surface area contributed by atoms with E-state index in [1.807, 2.05) is 0 Å². The summed E-state index contributed by atoms with van der Waals surface area (Å²) in [5.74, 6) is 1.40. The Morgan fingerprint density at radius 3 is 2.69 bits per heavy atom.